The summed E-state index contributed by atoms with van der Waals surface area (Å²) < 4.78 is 14.8. The molecule has 100 valence electrons. The largest absolute Gasteiger partial charge is 0.260 e. The van der Waals surface area contributed by atoms with Gasteiger partial charge in [0.1, 0.15) is 5.82 Å². The first kappa shape index (κ1) is 12.7. The van der Waals surface area contributed by atoms with E-state index in [9.17, 15) is 4.39 Å². The fourth-order valence-corrected chi connectivity index (χ4v) is 2.47. The zero-order valence-electron chi connectivity index (χ0n) is 10.3. The maximum atomic E-state index is 13.2. The molecule has 0 atom stereocenters. The number of tetrazole rings is 1. The minimum Gasteiger partial charge on any atom is -0.260 e. The predicted octanol–water partition coefficient (Wildman–Crippen LogP) is 2.49. The van der Waals surface area contributed by atoms with E-state index < -0.39 is 0 Å². The van der Waals surface area contributed by atoms with Gasteiger partial charge in [-0.3, -0.25) is 4.98 Å². The monoisotopic (exact) mass is 287 g/mol. The molecule has 1 aromatic carbocycles. The lowest BCUT2D eigenvalue weighted by Gasteiger charge is -2.04. The standard InChI is InChI=1S/C13H10FN5S/c14-10-4-3-6-12(8-10)19-13(16-17-18-19)20-9-11-5-1-2-7-15-11/h1-8H,9H2. The van der Waals surface area contributed by atoms with Gasteiger partial charge >= 0.3 is 0 Å². The van der Waals surface area contributed by atoms with Crippen LogP contribution in [0.5, 0.6) is 0 Å². The summed E-state index contributed by atoms with van der Waals surface area (Å²) in [7, 11) is 0. The molecular formula is C13H10FN5S. The number of aromatic nitrogens is 5. The van der Waals surface area contributed by atoms with E-state index in [2.05, 4.69) is 20.5 Å². The Kier molecular flexibility index (Phi) is 3.69. The number of hydrogen-bond donors (Lipinski definition) is 0. The van der Waals surface area contributed by atoms with Gasteiger partial charge in [-0.15, -0.1) is 5.10 Å². The quantitative estimate of drug-likeness (QED) is 0.690. The van der Waals surface area contributed by atoms with Gasteiger partial charge in [0.05, 0.1) is 11.4 Å². The zero-order chi connectivity index (χ0) is 13.8. The first-order valence-electron chi connectivity index (χ1n) is 5.90. The SMILES string of the molecule is Fc1cccc(-n2nnnc2SCc2ccccn2)c1. The number of rotatable bonds is 4. The minimum absolute atomic E-state index is 0.321. The van der Waals surface area contributed by atoms with Crippen molar-refractivity contribution in [2.45, 2.75) is 10.9 Å². The third-order valence-electron chi connectivity index (χ3n) is 2.57. The summed E-state index contributed by atoms with van der Waals surface area (Å²) in [5.41, 5.74) is 1.53. The molecular weight excluding hydrogens is 277 g/mol. The van der Waals surface area contributed by atoms with Crippen LogP contribution in [0.25, 0.3) is 5.69 Å². The van der Waals surface area contributed by atoms with Gasteiger partial charge < -0.3 is 0 Å². The molecule has 2 aromatic heterocycles. The molecule has 0 unspecified atom stereocenters. The van der Waals surface area contributed by atoms with Crippen molar-refractivity contribution in [3.8, 4) is 5.69 Å². The molecule has 0 amide bonds. The maximum absolute atomic E-state index is 13.2. The summed E-state index contributed by atoms with van der Waals surface area (Å²) in [6, 6.07) is 11.9. The molecule has 0 bridgehead atoms. The molecule has 0 radical (unpaired) electrons. The van der Waals surface area contributed by atoms with Gasteiger partial charge in [0.25, 0.3) is 0 Å². The Labute approximate surface area is 118 Å². The number of nitrogens with zero attached hydrogens (tertiary/aromatic N) is 5. The summed E-state index contributed by atoms with van der Waals surface area (Å²) in [4.78, 5) is 4.24. The Balaban J connectivity index is 1.80. The highest BCUT2D eigenvalue weighted by molar-refractivity contribution is 7.98. The van der Waals surface area contributed by atoms with Gasteiger partial charge in [-0.1, -0.05) is 23.9 Å². The molecule has 2 heterocycles. The van der Waals surface area contributed by atoms with Crippen molar-refractivity contribution in [3.05, 3.63) is 60.2 Å². The number of pyridine rings is 1. The molecule has 0 aliphatic rings. The van der Waals surface area contributed by atoms with Crippen molar-refractivity contribution in [2.75, 3.05) is 0 Å². The van der Waals surface area contributed by atoms with Crippen LogP contribution in [0.15, 0.2) is 53.8 Å². The zero-order valence-corrected chi connectivity index (χ0v) is 11.2. The highest BCUT2D eigenvalue weighted by atomic mass is 32.2. The van der Waals surface area contributed by atoms with Gasteiger partial charge in [-0.25, -0.2) is 4.39 Å². The van der Waals surface area contributed by atoms with E-state index in [1.807, 2.05) is 18.2 Å². The molecule has 20 heavy (non-hydrogen) atoms. The smallest absolute Gasteiger partial charge is 0.214 e. The van der Waals surface area contributed by atoms with E-state index in [-0.39, 0.29) is 5.82 Å². The average molecular weight is 287 g/mol. The third-order valence-corrected chi connectivity index (χ3v) is 3.52. The van der Waals surface area contributed by atoms with E-state index in [0.717, 1.165) is 5.69 Å². The molecule has 5 nitrogen and oxygen atoms in total. The van der Waals surface area contributed by atoms with Crippen LogP contribution in [0.2, 0.25) is 0 Å². The van der Waals surface area contributed by atoms with Crippen molar-refractivity contribution in [1.29, 1.82) is 0 Å². The van der Waals surface area contributed by atoms with Gasteiger partial charge in [0.2, 0.25) is 5.16 Å². The summed E-state index contributed by atoms with van der Waals surface area (Å²) in [5, 5.41) is 12.1. The lowest BCUT2D eigenvalue weighted by atomic mass is 10.3. The van der Waals surface area contributed by atoms with Crippen molar-refractivity contribution in [3.63, 3.8) is 0 Å². The van der Waals surface area contributed by atoms with Gasteiger partial charge in [0, 0.05) is 11.9 Å². The van der Waals surface area contributed by atoms with Crippen molar-refractivity contribution in [2.24, 2.45) is 0 Å². The number of thioether (sulfide) groups is 1. The van der Waals surface area contributed by atoms with Gasteiger partial charge in [-0.2, -0.15) is 4.68 Å². The Morgan fingerprint density at radius 2 is 2.10 bits per heavy atom. The van der Waals surface area contributed by atoms with Crippen molar-refractivity contribution < 1.29 is 4.39 Å². The minimum atomic E-state index is -0.321. The second kappa shape index (κ2) is 5.79. The lowest BCUT2D eigenvalue weighted by molar-refractivity contribution is 0.623. The number of benzene rings is 1. The molecule has 7 heteroatoms. The predicted molar refractivity (Wildman–Crippen MR) is 72.9 cm³/mol. The third kappa shape index (κ3) is 2.83. The topological polar surface area (TPSA) is 56.5 Å². The highest BCUT2D eigenvalue weighted by Crippen LogP contribution is 2.21. The van der Waals surface area contributed by atoms with Crippen LogP contribution in [-0.2, 0) is 5.75 Å². The first-order chi connectivity index (χ1) is 9.83. The van der Waals surface area contributed by atoms with Crippen LogP contribution in [0.3, 0.4) is 0 Å². The van der Waals surface area contributed by atoms with E-state index in [0.29, 0.717) is 16.6 Å². The van der Waals surface area contributed by atoms with E-state index in [1.54, 1.807) is 18.3 Å². The maximum Gasteiger partial charge on any atom is 0.214 e. The molecule has 0 saturated carbocycles. The summed E-state index contributed by atoms with van der Waals surface area (Å²) in [6.07, 6.45) is 1.74. The summed E-state index contributed by atoms with van der Waals surface area (Å²) in [5.74, 6) is 0.329. The van der Waals surface area contributed by atoms with E-state index in [1.165, 1.54) is 28.6 Å². The van der Waals surface area contributed by atoms with Crippen LogP contribution in [0.4, 0.5) is 4.39 Å². The first-order valence-corrected chi connectivity index (χ1v) is 6.88. The van der Waals surface area contributed by atoms with Crippen LogP contribution in [0, 0.1) is 5.82 Å². The van der Waals surface area contributed by atoms with Crippen LogP contribution in [-0.4, -0.2) is 25.2 Å². The Morgan fingerprint density at radius 3 is 2.90 bits per heavy atom. The van der Waals surface area contributed by atoms with Crippen LogP contribution in [0.1, 0.15) is 5.69 Å². The van der Waals surface area contributed by atoms with E-state index >= 15 is 0 Å². The van der Waals surface area contributed by atoms with Crippen LogP contribution < -0.4 is 0 Å². The molecule has 0 spiro atoms. The molecule has 0 fully saturated rings. The van der Waals surface area contributed by atoms with Crippen molar-refractivity contribution in [1.82, 2.24) is 25.2 Å². The molecule has 0 aliphatic carbocycles. The molecule has 0 saturated heterocycles. The fraction of sp³-hybridized carbons (Fsp3) is 0.0769. The normalized spacial score (nSPS) is 10.7. The van der Waals surface area contributed by atoms with Crippen molar-refractivity contribution >= 4 is 11.8 Å². The molecule has 3 aromatic rings. The molecule has 3 rings (SSSR count). The fourth-order valence-electron chi connectivity index (χ4n) is 1.66. The molecule has 0 N–H and O–H groups in total. The van der Waals surface area contributed by atoms with Crippen LogP contribution >= 0.6 is 11.8 Å². The Hall–Kier alpha value is -2.28. The van der Waals surface area contributed by atoms with Gasteiger partial charge in [0.15, 0.2) is 0 Å². The second-order valence-corrected chi connectivity index (χ2v) is 4.91. The molecule has 0 aliphatic heterocycles. The highest BCUT2D eigenvalue weighted by Gasteiger charge is 2.10. The second-order valence-electron chi connectivity index (χ2n) is 3.96. The Morgan fingerprint density at radius 1 is 1.15 bits per heavy atom. The average Bonchev–Trinajstić information content (AvgIpc) is 2.95. The Bertz CT molecular complexity index is 701. The lowest BCUT2D eigenvalue weighted by Crippen LogP contribution is -1.99. The summed E-state index contributed by atoms with van der Waals surface area (Å²) >= 11 is 1.45. The summed E-state index contributed by atoms with van der Waals surface area (Å²) in [6.45, 7) is 0. The van der Waals surface area contributed by atoms with E-state index in [4.69, 9.17) is 0 Å². The number of hydrogen-bond acceptors (Lipinski definition) is 5. The van der Waals surface area contributed by atoms with Gasteiger partial charge in [-0.05, 0) is 40.8 Å². The number of halogens is 1.